The van der Waals surface area contributed by atoms with Crippen molar-refractivity contribution >= 4 is 38.9 Å². The normalized spacial score (nSPS) is 10.8. The number of hydrogen-bond acceptors (Lipinski definition) is 4. The van der Waals surface area contributed by atoms with Crippen molar-refractivity contribution in [3.63, 3.8) is 0 Å². The summed E-state index contributed by atoms with van der Waals surface area (Å²) < 4.78 is 1.06. The fourth-order valence-electron chi connectivity index (χ4n) is 1.37. The third kappa shape index (κ3) is 2.75. The van der Waals surface area contributed by atoms with Crippen LogP contribution in [0.4, 0.5) is 0 Å². The molecule has 2 heterocycles. The first-order chi connectivity index (χ1) is 8.11. The van der Waals surface area contributed by atoms with Gasteiger partial charge in [0.05, 0.1) is 11.9 Å². The van der Waals surface area contributed by atoms with E-state index in [1.165, 1.54) is 11.3 Å². The quantitative estimate of drug-likeness (QED) is 0.937. The van der Waals surface area contributed by atoms with Crippen LogP contribution in [0.25, 0.3) is 10.8 Å². The van der Waals surface area contributed by atoms with Gasteiger partial charge in [0, 0.05) is 0 Å². The number of aromatic amines is 1. The van der Waals surface area contributed by atoms with Gasteiger partial charge >= 0.3 is 0 Å². The Bertz CT molecular complexity index is 595. The standard InChI is InChI=1S/C10H9BrClN3OS/c1-2-3-5-7(11)9(16)15-8(14-5)10-13-4-6(12)17-10/h4H,2-3H2,1H3,(H,14,15,16). The summed E-state index contributed by atoms with van der Waals surface area (Å²) in [5.74, 6) is 0.471. The Morgan fingerprint density at radius 2 is 2.35 bits per heavy atom. The highest BCUT2D eigenvalue weighted by atomic mass is 79.9. The lowest BCUT2D eigenvalue weighted by atomic mass is 10.2. The number of rotatable bonds is 3. The lowest BCUT2D eigenvalue weighted by Crippen LogP contribution is -2.13. The molecule has 4 nitrogen and oxygen atoms in total. The zero-order chi connectivity index (χ0) is 12.4. The summed E-state index contributed by atoms with van der Waals surface area (Å²) in [6, 6.07) is 0. The summed E-state index contributed by atoms with van der Waals surface area (Å²) in [5.41, 5.74) is 0.558. The Morgan fingerprint density at radius 3 is 2.94 bits per heavy atom. The number of halogens is 2. The monoisotopic (exact) mass is 333 g/mol. The topological polar surface area (TPSA) is 58.6 Å². The third-order valence-corrected chi connectivity index (χ3v) is 4.04. The number of nitrogens with zero attached hydrogens (tertiary/aromatic N) is 2. The van der Waals surface area contributed by atoms with Crippen molar-refractivity contribution in [2.45, 2.75) is 19.8 Å². The van der Waals surface area contributed by atoms with Crippen LogP contribution >= 0.6 is 38.9 Å². The number of H-pyrrole nitrogens is 1. The van der Waals surface area contributed by atoms with Crippen LogP contribution in [0, 0.1) is 0 Å². The van der Waals surface area contributed by atoms with Crippen molar-refractivity contribution in [2.75, 3.05) is 0 Å². The summed E-state index contributed by atoms with van der Waals surface area (Å²) >= 11 is 10.3. The van der Waals surface area contributed by atoms with Crippen LogP contribution in [-0.4, -0.2) is 15.0 Å². The summed E-state index contributed by atoms with van der Waals surface area (Å²) in [6.07, 6.45) is 3.22. The summed E-state index contributed by atoms with van der Waals surface area (Å²) in [5, 5.41) is 0.622. The molecule has 0 unspecified atom stereocenters. The lowest BCUT2D eigenvalue weighted by Gasteiger charge is -2.03. The summed E-state index contributed by atoms with van der Waals surface area (Å²) in [6.45, 7) is 2.04. The first kappa shape index (κ1) is 12.7. The van der Waals surface area contributed by atoms with Crippen LogP contribution in [0.2, 0.25) is 4.34 Å². The highest BCUT2D eigenvalue weighted by Gasteiger charge is 2.12. The Balaban J connectivity index is 2.52. The van der Waals surface area contributed by atoms with Crippen LogP contribution < -0.4 is 5.56 Å². The second kappa shape index (κ2) is 5.29. The zero-order valence-corrected chi connectivity index (χ0v) is 12.1. The molecule has 2 aromatic rings. The van der Waals surface area contributed by atoms with Gasteiger partial charge in [-0.1, -0.05) is 36.3 Å². The van der Waals surface area contributed by atoms with Crippen molar-refractivity contribution in [1.29, 1.82) is 0 Å². The Kier molecular flexibility index (Phi) is 3.96. The smallest absolute Gasteiger partial charge is 0.265 e. The number of aromatic nitrogens is 3. The van der Waals surface area contributed by atoms with Crippen LogP contribution in [0.5, 0.6) is 0 Å². The van der Waals surface area contributed by atoms with Gasteiger partial charge in [0.1, 0.15) is 8.81 Å². The zero-order valence-electron chi connectivity index (χ0n) is 8.96. The van der Waals surface area contributed by atoms with E-state index >= 15 is 0 Å². The molecule has 2 aromatic heterocycles. The van der Waals surface area contributed by atoms with E-state index in [0.29, 0.717) is 19.6 Å². The molecular formula is C10H9BrClN3OS. The van der Waals surface area contributed by atoms with Crippen LogP contribution in [0.1, 0.15) is 19.0 Å². The van der Waals surface area contributed by atoms with E-state index < -0.39 is 0 Å². The van der Waals surface area contributed by atoms with E-state index in [2.05, 4.69) is 30.9 Å². The minimum absolute atomic E-state index is 0.190. The molecule has 0 atom stereocenters. The maximum absolute atomic E-state index is 11.7. The molecule has 0 aliphatic rings. The first-order valence-electron chi connectivity index (χ1n) is 5.02. The van der Waals surface area contributed by atoms with E-state index in [4.69, 9.17) is 11.6 Å². The molecule has 1 N–H and O–H groups in total. The van der Waals surface area contributed by atoms with Gasteiger partial charge in [-0.25, -0.2) is 9.97 Å². The SMILES string of the molecule is CCCc1nc(-c2ncc(Cl)s2)[nH]c(=O)c1Br. The highest BCUT2D eigenvalue weighted by Crippen LogP contribution is 2.26. The van der Waals surface area contributed by atoms with Gasteiger partial charge < -0.3 is 4.98 Å². The molecule has 0 aliphatic heterocycles. The van der Waals surface area contributed by atoms with Crippen molar-refractivity contribution in [3.8, 4) is 10.8 Å². The molecule has 0 fully saturated rings. The van der Waals surface area contributed by atoms with Gasteiger partial charge in [0.15, 0.2) is 10.8 Å². The van der Waals surface area contributed by atoms with Crippen molar-refractivity contribution in [1.82, 2.24) is 15.0 Å². The molecule has 90 valence electrons. The molecule has 0 spiro atoms. The van der Waals surface area contributed by atoms with E-state index in [-0.39, 0.29) is 5.56 Å². The maximum Gasteiger partial charge on any atom is 0.265 e. The minimum Gasteiger partial charge on any atom is -0.304 e. The second-order valence-electron chi connectivity index (χ2n) is 3.39. The molecule has 7 heteroatoms. The molecule has 0 bridgehead atoms. The minimum atomic E-state index is -0.190. The number of thiazole rings is 1. The predicted molar refractivity (Wildman–Crippen MR) is 72.7 cm³/mol. The number of hydrogen-bond donors (Lipinski definition) is 1. The average molecular weight is 335 g/mol. The van der Waals surface area contributed by atoms with Crippen molar-refractivity contribution in [2.24, 2.45) is 0 Å². The van der Waals surface area contributed by atoms with E-state index in [9.17, 15) is 4.79 Å². The van der Waals surface area contributed by atoms with E-state index in [1.54, 1.807) is 6.20 Å². The van der Waals surface area contributed by atoms with Gasteiger partial charge in [-0.2, -0.15) is 0 Å². The van der Waals surface area contributed by atoms with Crippen molar-refractivity contribution in [3.05, 3.63) is 31.1 Å². The average Bonchev–Trinajstić information content (AvgIpc) is 2.71. The van der Waals surface area contributed by atoms with Crippen molar-refractivity contribution < 1.29 is 0 Å². The van der Waals surface area contributed by atoms with Gasteiger partial charge in [-0.05, 0) is 22.4 Å². The predicted octanol–water partition coefficient (Wildman–Crippen LogP) is 3.26. The van der Waals surface area contributed by atoms with E-state index in [0.717, 1.165) is 18.5 Å². The number of aryl methyl sites for hydroxylation is 1. The van der Waals surface area contributed by atoms with Crippen LogP contribution in [0.15, 0.2) is 15.5 Å². The lowest BCUT2D eigenvalue weighted by molar-refractivity contribution is 0.860. The van der Waals surface area contributed by atoms with Crippen LogP contribution in [-0.2, 0) is 6.42 Å². The Hall–Kier alpha value is -0.720. The molecule has 0 aromatic carbocycles. The first-order valence-corrected chi connectivity index (χ1v) is 7.01. The Morgan fingerprint density at radius 1 is 1.59 bits per heavy atom. The molecule has 17 heavy (non-hydrogen) atoms. The third-order valence-electron chi connectivity index (χ3n) is 2.10. The largest absolute Gasteiger partial charge is 0.304 e. The fraction of sp³-hybridized carbons (Fsp3) is 0.300. The summed E-state index contributed by atoms with van der Waals surface area (Å²) in [7, 11) is 0. The summed E-state index contributed by atoms with van der Waals surface area (Å²) in [4.78, 5) is 22.9. The maximum atomic E-state index is 11.7. The Labute approximate surface area is 115 Å². The van der Waals surface area contributed by atoms with E-state index in [1.807, 2.05) is 6.92 Å². The molecule has 0 radical (unpaired) electrons. The van der Waals surface area contributed by atoms with Gasteiger partial charge in [-0.15, -0.1) is 0 Å². The second-order valence-corrected chi connectivity index (χ2v) is 5.85. The number of nitrogens with one attached hydrogen (secondary N) is 1. The van der Waals surface area contributed by atoms with Crippen LogP contribution in [0.3, 0.4) is 0 Å². The fourth-order valence-corrected chi connectivity index (χ4v) is 2.62. The molecule has 0 saturated heterocycles. The highest BCUT2D eigenvalue weighted by molar-refractivity contribution is 9.10. The van der Waals surface area contributed by atoms with Gasteiger partial charge in [0.25, 0.3) is 5.56 Å². The molecule has 0 saturated carbocycles. The molecule has 0 aliphatic carbocycles. The molecule has 2 rings (SSSR count). The van der Waals surface area contributed by atoms with Gasteiger partial charge in [-0.3, -0.25) is 4.79 Å². The molecular weight excluding hydrogens is 326 g/mol. The van der Waals surface area contributed by atoms with Gasteiger partial charge in [0.2, 0.25) is 0 Å². The molecule has 0 amide bonds.